The maximum absolute atomic E-state index is 12.1. The van der Waals surface area contributed by atoms with Gasteiger partial charge in [-0.3, -0.25) is 9.89 Å². The molecule has 2 aromatic rings. The molecule has 0 unspecified atom stereocenters. The first-order chi connectivity index (χ1) is 8.77. The molecule has 1 aliphatic carbocycles. The topological polar surface area (TPSA) is 89.6 Å². The highest BCUT2D eigenvalue weighted by atomic mass is 16.1. The molecule has 1 aliphatic rings. The number of hydrogen-bond donors (Lipinski definition) is 2. The van der Waals surface area contributed by atoms with E-state index in [9.17, 15) is 4.79 Å². The predicted octanol–water partition coefficient (Wildman–Crippen LogP) is 1.20. The smallest absolute Gasteiger partial charge is 0.296 e. The van der Waals surface area contributed by atoms with E-state index in [4.69, 9.17) is 5.73 Å². The van der Waals surface area contributed by atoms with E-state index in [0.717, 1.165) is 18.5 Å². The van der Waals surface area contributed by atoms with Crippen LogP contribution >= 0.6 is 0 Å². The van der Waals surface area contributed by atoms with E-state index >= 15 is 0 Å². The lowest BCUT2D eigenvalue weighted by Crippen LogP contribution is -2.17. The Balaban J connectivity index is 2.07. The van der Waals surface area contributed by atoms with Crippen molar-refractivity contribution < 1.29 is 0 Å². The van der Waals surface area contributed by atoms with Crippen LogP contribution in [0.15, 0.2) is 23.1 Å². The summed E-state index contributed by atoms with van der Waals surface area (Å²) in [6.07, 6.45) is 6.14. The molecule has 3 N–H and O–H groups in total. The highest BCUT2D eigenvalue weighted by Gasteiger charge is 2.24. The molecule has 2 heterocycles. The van der Waals surface area contributed by atoms with Crippen molar-refractivity contribution in [1.29, 1.82) is 0 Å². The van der Waals surface area contributed by atoms with Crippen molar-refractivity contribution in [1.82, 2.24) is 20.0 Å². The van der Waals surface area contributed by atoms with Crippen molar-refractivity contribution in [2.24, 2.45) is 0 Å². The fraction of sp³-hybridized carbons (Fsp3) is 0.417. The molecule has 18 heavy (non-hydrogen) atoms. The Morgan fingerprint density at radius 1 is 1.39 bits per heavy atom. The van der Waals surface area contributed by atoms with Crippen LogP contribution in [0.5, 0.6) is 0 Å². The van der Waals surface area contributed by atoms with Crippen LogP contribution in [0.4, 0.5) is 5.69 Å². The number of hydrogen-bond acceptors (Lipinski definition) is 4. The van der Waals surface area contributed by atoms with Gasteiger partial charge in [0.05, 0.1) is 5.69 Å². The molecule has 2 aromatic heterocycles. The molecule has 0 bridgehead atoms. The average Bonchev–Trinajstić information content (AvgIpc) is 3.01. The monoisotopic (exact) mass is 245 g/mol. The number of aromatic nitrogens is 4. The van der Waals surface area contributed by atoms with Gasteiger partial charge < -0.3 is 5.73 Å². The SMILES string of the molecule is Nc1c(C2CCCC2)[nH]n(-c2cccnn2)c1=O. The summed E-state index contributed by atoms with van der Waals surface area (Å²) in [6.45, 7) is 0. The van der Waals surface area contributed by atoms with E-state index < -0.39 is 0 Å². The molecular formula is C12H15N5O. The Morgan fingerprint density at radius 2 is 2.17 bits per heavy atom. The third-order valence-corrected chi connectivity index (χ3v) is 3.51. The second-order valence-electron chi connectivity index (χ2n) is 4.64. The van der Waals surface area contributed by atoms with Crippen LogP contribution in [-0.4, -0.2) is 20.0 Å². The Hall–Kier alpha value is -2.11. The van der Waals surface area contributed by atoms with E-state index in [1.54, 1.807) is 18.3 Å². The number of aromatic amines is 1. The summed E-state index contributed by atoms with van der Waals surface area (Å²) in [5, 5.41) is 10.8. The maximum Gasteiger partial charge on any atom is 0.296 e. The Bertz CT molecular complexity index is 595. The van der Waals surface area contributed by atoms with Crippen molar-refractivity contribution in [3.8, 4) is 5.82 Å². The third kappa shape index (κ3) is 1.70. The molecule has 1 saturated carbocycles. The van der Waals surface area contributed by atoms with E-state index in [1.807, 2.05) is 0 Å². The number of nitrogens with one attached hydrogen (secondary N) is 1. The highest BCUT2D eigenvalue weighted by molar-refractivity contribution is 5.45. The minimum atomic E-state index is -0.239. The first-order valence-electron chi connectivity index (χ1n) is 6.16. The summed E-state index contributed by atoms with van der Waals surface area (Å²) in [7, 11) is 0. The van der Waals surface area contributed by atoms with Gasteiger partial charge >= 0.3 is 0 Å². The molecule has 3 rings (SSSR count). The maximum atomic E-state index is 12.1. The average molecular weight is 245 g/mol. The predicted molar refractivity (Wildman–Crippen MR) is 67.6 cm³/mol. The summed E-state index contributed by atoms with van der Waals surface area (Å²) in [5.41, 5.74) is 6.83. The van der Waals surface area contributed by atoms with E-state index in [2.05, 4.69) is 15.3 Å². The summed E-state index contributed by atoms with van der Waals surface area (Å²) < 4.78 is 1.37. The van der Waals surface area contributed by atoms with Gasteiger partial charge in [0.2, 0.25) is 0 Å². The molecule has 94 valence electrons. The lowest BCUT2D eigenvalue weighted by atomic mass is 10.0. The lowest BCUT2D eigenvalue weighted by molar-refractivity contribution is 0.672. The molecule has 0 saturated heterocycles. The van der Waals surface area contributed by atoms with E-state index in [1.165, 1.54) is 17.5 Å². The number of nitrogens with two attached hydrogens (primary N) is 1. The van der Waals surface area contributed by atoms with Crippen molar-refractivity contribution >= 4 is 5.69 Å². The molecule has 6 nitrogen and oxygen atoms in total. The largest absolute Gasteiger partial charge is 0.393 e. The summed E-state index contributed by atoms with van der Waals surface area (Å²) in [5.74, 6) is 0.842. The van der Waals surface area contributed by atoms with Gasteiger partial charge in [0.25, 0.3) is 5.56 Å². The van der Waals surface area contributed by atoms with Gasteiger partial charge in [-0.2, -0.15) is 9.78 Å². The summed E-state index contributed by atoms with van der Waals surface area (Å²) in [6, 6.07) is 3.46. The first-order valence-corrected chi connectivity index (χ1v) is 6.16. The van der Waals surface area contributed by atoms with Crippen molar-refractivity contribution in [2.75, 3.05) is 5.73 Å². The van der Waals surface area contributed by atoms with Gasteiger partial charge in [-0.25, -0.2) is 0 Å². The zero-order valence-corrected chi connectivity index (χ0v) is 9.97. The molecule has 0 radical (unpaired) electrons. The van der Waals surface area contributed by atoms with Gasteiger partial charge in [-0.05, 0) is 25.0 Å². The number of nitrogen functional groups attached to an aromatic ring is 1. The van der Waals surface area contributed by atoms with E-state index in [0.29, 0.717) is 17.4 Å². The lowest BCUT2D eigenvalue weighted by Gasteiger charge is -2.06. The van der Waals surface area contributed by atoms with Crippen LogP contribution in [0.2, 0.25) is 0 Å². The van der Waals surface area contributed by atoms with Crippen LogP contribution in [0.1, 0.15) is 37.3 Å². The number of anilines is 1. The summed E-state index contributed by atoms with van der Waals surface area (Å²) in [4.78, 5) is 12.1. The van der Waals surface area contributed by atoms with Crippen LogP contribution < -0.4 is 11.3 Å². The molecule has 0 amide bonds. The molecule has 0 spiro atoms. The van der Waals surface area contributed by atoms with Gasteiger partial charge in [-0.15, -0.1) is 5.10 Å². The second-order valence-corrected chi connectivity index (χ2v) is 4.64. The zero-order chi connectivity index (χ0) is 12.5. The Labute approximate surface area is 104 Å². The van der Waals surface area contributed by atoms with Crippen molar-refractivity contribution in [3.05, 3.63) is 34.4 Å². The standard InChI is InChI=1S/C12H15N5O/c13-10-11(8-4-1-2-5-8)16-17(12(10)18)9-6-3-7-14-15-9/h3,6-8,16H,1-2,4-5,13H2. The van der Waals surface area contributed by atoms with Crippen LogP contribution in [-0.2, 0) is 0 Å². The Morgan fingerprint density at radius 3 is 2.83 bits per heavy atom. The minimum absolute atomic E-state index is 0.239. The molecule has 1 fully saturated rings. The Kier molecular flexibility index (Phi) is 2.62. The van der Waals surface area contributed by atoms with E-state index in [-0.39, 0.29) is 5.56 Å². The molecule has 0 atom stereocenters. The van der Waals surface area contributed by atoms with Gasteiger partial charge in [0, 0.05) is 12.1 Å². The van der Waals surface area contributed by atoms with Crippen LogP contribution in [0, 0.1) is 0 Å². The number of rotatable bonds is 2. The molecule has 0 aliphatic heterocycles. The number of H-pyrrole nitrogens is 1. The van der Waals surface area contributed by atoms with Gasteiger partial charge in [0.15, 0.2) is 5.82 Å². The minimum Gasteiger partial charge on any atom is -0.393 e. The van der Waals surface area contributed by atoms with Crippen molar-refractivity contribution in [3.63, 3.8) is 0 Å². The number of nitrogens with zero attached hydrogens (tertiary/aromatic N) is 3. The molecule has 0 aromatic carbocycles. The highest BCUT2D eigenvalue weighted by Crippen LogP contribution is 2.34. The zero-order valence-electron chi connectivity index (χ0n) is 9.97. The van der Waals surface area contributed by atoms with Gasteiger partial charge in [0.1, 0.15) is 5.69 Å². The fourth-order valence-corrected chi connectivity index (χ4v) is 2.57. The summed E-state index contributed by atoms with van der Waals surface area (Å²) >= 11 is 0. The fourth-order valence-electron chi connectivity index (χ4n) is 2.57. The van der Waals surface area contributed by atoms with Gasteiger partial charge in [-0.1, -0.05) is 12.8 Å². The molecule has 6 heteroatoms. The molecular weight excluding hydrogens is 230 g/mol. The second kappa shape index (κ2) is 4.29. The van der Waals surface area contributed by atoms with Crippen molar-refractivity contribution in [2.45, 2.75) is 31.6 Å². The quantitative estimate of drug-likeness (QED) is 0.831. The third-order valence-electron chi connectivity index (χ3n) is 3.51. The normalized spacial score (nSPS) is 16.2. The first kappa shape index (κ1) is 11.0. The van der Waals surface area contributed by atoms with Crippen LogP contribution in [0.25, 0.3) is 5.82 Å². The van der Waals surface area contributed by atoms with Crippen LogP contribution in [0.3, 0.4) is 0 Å².